The van der Waals surface area contributed by atoms with Crippen LogP contribution in [0.15, 0.2) is 10.2 Å². The molecule has 6 nitrogen and oxygen atoms in total. The van der Waals surface area contributed by atoms with E-state index in [4.69, 9.17) is 5.11 Å². The molecule has 0 radical (unpaired) electrons. The predicted molar refractivity (Wildman–Crippen MR) is 62.4 cm³/mol. The lowest BCUT2D eigenvalue weighted by Crippen LogP contribution is -2.21. The van der Waals surface area contributed by atoms with Gasteiger partial charge >= 0.3 is 5.97 Å². The van der Waals surface area contributed by atoms with Gasteiger partial charge in [-0.3, -0.25) is 4.79 Å². The van der Waals surface area contributed by atoms with Crippen molar-refractivity contribution in [1.29, 1.82) is 0 Å². The minimum absolute atomic E-state index is 0.182. The summed E-state index contributed by atoms with van der Waals surface area (Å²) in [6.45, 7) is 3.33. The maximum atomic E-state index is 11.6. The average Bonchev–Trinajstić information content (AvgIpc) is 2.63. The summed E-state index contributed by atoms with van der Waals surface area (Å²) in [7, 11) is 0. The lowest BCUT2D eigenvalue weighted by Gasteiger charge is -2.01. The van der Waals surface area contributed by atoms with Gasteiger partial charge in [-0.05, 0) is 13.8 Å². The number of nitrogens with zero attached hydrogens (tertiary/aromatic N) is 2. The third kappa shape index (κ3) is 2.09. The van der Waals surface area contributed by atoms with E-state index in [1.165, 1.54) is 18.3 Å². The molecule has 88 valence electrons. The molecular weight excluding hydrogens is 242 g/mol. The molecule has 0 atom stereocenters. The maximum absolute atomic E-state index is 11.6. The fraction of sp³-hybridized carbons (Fsp3) is 0.200. The highest BCUT2D eigenvalue weighted by molar-refractivity contribution is 7.09. The van der Waals surface area contributed by atoms with Crippen LogP contribution in [0.1, 0.15) is 21.1 Å². The number of carbonyl (C=O) groups is 1. The third-order valence-electron chi connectivity index (χ3n) is 2.18. The van der Waals surface area contributed by atoms with Gasteiger partial charge in [0.2, 0.25) is 0 Å². The highest BCUT2D eigenvalue weighted by Crippen LogP contribution is 2.17. The molecular formula is C10H9N3O3S. The zero-order valence-corrected chi connectivity index (χ0v) is 9.96. The van der Waals surface area contributed by atoms with Crippen LogP contribution < -0.4 is 5.56 Å². The number of rotatable bonds is 2. The molecule has 0 saturated carbocycles. The first kappa shape index (κ1) is 11.5. The van der Waals surface area contributed by atoms with Crippen LogP contribution in [0, 0.1) is 13.8 Å². The van der Waals surface area contributed by atoms with Gasteiger partial charge in [-0.25, -0.2) is 14.8 Å². The molecule has 7 heteroatoms. The van der Waals surface area contributed by atoms with E-state index >= 15 is 0 Å². The van der Waals surface area contributed by atoms with Gasteiger partial charge in [-0.2, -0.15) is 0 Å². The van der Waals surface area contributed by atoms with E-state index < -0.39 is 11.5 Å². The maximum Gasteiger partial charge on any atom is 0.343 e. The summed E-state index contributed by atoms with van der Waals surface area (Å²) in [6, 6.07) is 0. The Labute approximate surface area is 100.0 Å². The Morgan fingerprint density at radius 1 is 1.41 bits per heavy atom. The molecule has 0 fully saturated rings. The number of carboxylic acid groups (broad SMARTS) is 1. The largest absolute Gasteiger partial charge is 0.477 e. The monoisotopic (exact) mass is 251 g/mol. The van der Waals surface area contributed by atoms with Crippen LogP contribution in [0.2, 0.25) is 0 Å². The molecule has 2 rings (SSSR count). The van der Waals surface area contributed by atoms with Crippen molar-refractivity contribution in [3.63, 3.8) is 0 Å². The summed E-state index contributed by atoms with van der Waals surface area (Å²) in [5.74, 6) is -0.987. The van der Waals surface area contributed by atoms with Crippen LogP contribution >= 0.6 is 11.3 Å². The van der Waals surface area contributed by atoms with Crippen LogP contribution in [0.25, 0.3) is 11.5 Å². The smallest absolute Gasteiger partial charge is 0.343 e. The molecule has 2 aromatic rings. The van der Waals surface area contributed by atoms with E-state index in [2.05, 4.69) is 15.0 Å². The molecule has 2 aromatic heterocycles. The third-order valence-corrected chi connectivity index (χ3v) is 2.95. The van der Waals surface area contributed by atoms with Crippen LogP contribution in [-0.2, 0) is 0 Å². The lowest BCUT2D eigenvalue weighted by molar-refractivity contribution is 0.0693. The second kappa shape index (κ2) is 4.10. The number of carboxylic acids is 1. The fourth-order valence-corrected chi connectivity index (χ4v) is 2.03. The summed E-state index contributed by atoms with van der Waals surface area (Å²) < 4.78 is 0. The van der Waals surface area contributed by atoms with Crippen molar-refractivity contribution in [3.8, 4) is 11.5 Å². The highest BCUT2D eigenvalue weighted by atomic mass is 32.1. The fourth-order valence-electron chi connectivity index (χ4n) is 1.43. The number of nitrogens with one attached hydrogen (secondary N) is 1. The number of aromatic amines is 1. The molecule has 17 heavy (non-hydrogen) atoms. The van der Waals surface area contributed by atoms with Crippen molar-refractivity contribution >= 4 is 17.3 Å². The summed E-state index contributed by atoms with van der Waals surface area (Å²) in [6.07, 6.45) is 0. The molecule has 0 amide bonds. The molecule has 0 aromatic carbocycles. The van der Waals surface area contributed by atoms with Gasteiger partial charge in [-0.1, -0.05) is 0 Å². The van der Waals surface area contributed by atoms with Crippen molar-refractivity contribution in [1.82, 2.24) is 15.0 Å². The summed E-state index contributed by atoms with van der Waals surface area (Å²) in [5.41, 5.74) is -0.266. The predicted octanol–water partition coefficient (Wildman–Crippen LogP) is 1.21. The van der Waals surface area contributed by atoms with Crippen LogP contribution in [-0.4, -0.2) is 26.0 Å². The number of thiazole rings is 1. The van der Waals surface area contributed by atoms with E-state index in [1.54, 1.807) is 5.38 Å². The zero-order valence-electron chi connectivity index (χ0n) is 9.14. The number of aromatic carboxylic acids is 1. The Kier molecular flexibility index (Phi) is 2.76. The van der Waals surface area contributed by atoms with Gasteiger partial charge in [-0.15, -0.1) is 11.3 Å². The Morgan fingerprint density at radius 2 is 2.12 bits per heavy atom. The van der Waals surface area contributed by atoms with Gasteiger partial charge in [0.1, 0.15) is 11.3 Å². The molecule has 0 unspecified atom stereocenters. The normalized spacial score (nSPS) is 10.5. The number of aryl methyl sites for hydroxylation is 2. The summed E-state index contributed by atoms with van der Waals surface area (Å²) in [5, 5.41) is 11.4. The summed E-state index contributed by atoms with van der Waals surface area (Å²) in [4.78, 5) is 33.0. The second-order valence-corrected chi connectivity index (χ2v) is 4.49. The standard InChI is InChI=1S/C10H9N3O3S/c1-4-7(10(15)16)9(14)13-8(11-4)6-3-17-5(2)12-6/h3H,1-2H3,(H,15,16)(H,11,13,14). The van der Waals surface area contributed by atoms with E-state index in [0.717, 1.165) is 5.01 Å². The topological polar surface area (TPSA) is 95.9 Å². The van der Waals surface area contributed by atoms with Gasteiger partial charge in [0.05, 0.1) is 10.7 Å². The average molecular weight is 251 g/mol. The molecule has 0 aliphatic rings. The number of hydrogen-bond acceptors (Lipinski definition) is 5. The van der Waals surface area contributed by atoms with Gasteiger partial charge < -0.3 is 10.1 Å². The van der Waals surface area contributed by atoms with E-state index in [9.17, 15) is 9.59 Å². The molecule has 0 spiro atoms. The van der Waals surface area contributed by atoms with E-state index in [-0.39, 0.29) is 11.3 Å². The Balaban J connectivity index is 2.60. The first-order valence-corrected chi connectivity index (χ1v) is 5.63. The van der Waals surface area contributed by atoms with Crippen molar-refractivity contribution in [2.45, 2.75) is 13.8 Å². The minimum atomic E-state index is -1.28. The SMILES string of the molecule is Cc1nc(-c2nc(C)c(C(=O)O)c(=O)[nH]2)cs1. The molecule has 0 saturated heterocycles. The molecule has 2 N–H and O–H groups in total. The Morgan fingerprint density at radius 3 is 2.59 bits per heavy atom. The van der Waals surface area contributed by atoms with Crippen molar-refractivity contribution in [3.05, 3.63) is 32.0 Å². The van der Waals surface area contributed by atoms with E-state index in [0.29, 0.717) is 11.5 Å². The van der Waals surface area contributed by atoms with Crippen LogP contribution in [0.3, 0.4) is 0 Å². The molecule has 0 aliphatic carbocycles. The van der Waals surface area contributed by atoms with Gasteiger partial charge in [0.15, 0.2) is 5.82 Å². The second-order valence-electron chi connectivity index (χ2n) is 3.43. The summed E-state index contributed by atoms with van der Waals surface area (Å²) >= 11 is 1.43. The van der Waals surface area contributed by atoms with E-state index in [1.807, 2.05) is 6.92 Å². The van der Waals surface area contributed by atoms with Crippen LogP contribution in [0.5, 0.6) is 0 Å². The van der Waals surface area contributed by atoms with Gasteiger partial charge in [0, 0.05) is 5.38 Å². The Hall–Kier alpha value is -2.02. The minimum Gasteiger partial charge on any atom is -0.477 e. The van der Waals surface area contributed by atoms with Crippen molar-refractivity contribution < 1.29 is 9.90 Å². The zero-order chi connectivity index (χ0) is 12.6. The van der Waals surface area contributed by atoms with Crippen molar-refractivity contribution in [2.75, 3.05) is 0 Å². The molecule has 2 heterocycles. The number of hydrogen-bond donors (Lipinski definition) is 2. The quantitative estimate of drug-likeness (QED) is 0.836. The highest BCUT2D eigenvalue weighted by Gasteiger charge is 2.16. The van der Waals surface area contributed by atoms with Gasteiger partial charge in [0.25, 0.3) is 5.56 Å². The van der Waals surface area contributed by atoms with Crippen LogP contribution in [0.4, 0.5) is 0 Å². The molecule has 0 bridgehead atoms. The first-order chi connectivity index (χ1) is 7.99. The lowest BCUT2D eigenvalue weighted by atomic mass is 10.2. The Bertz CT molecular complexity index is 644. The molecule has 0 aliphatic heterocycles. The number of H-pyrrole nitrogens is 1. The first-order valence-electron chi connectivity index (χ1n) is 4.75. The number of aromatic nitrogens is 3. The van der Waals surface area contributed by atoms with Crippen molar-refractivity contribution in [2.24, 2.45) is 0 Å².